The molecule has 33 heavy (non-hydrogen) atoms. The van der Waals surface area contributed by atoms with E-state index in [1.807, 2.05) is 0 Å². The number of aromatic nitrogens is 1. The van der Waals surface area contributed by atoms with Gasteiger partial charge >= 0.3 is 5.97 Å². The topological polar surface area (TPSA) is 55.0 Å². The van der Waals surface area contributed by atoms with Crippen molar-refractivity contribution < 1.29 is 16.6 Å². The van der Waals surface area contributed by atoms with Gasteiger partial charge in [0.1, 0.15) is 5.82 Å². The van der Waals surface area contributed by atoms with Crippen LogP contribution in [0.3, 0.4) is 0 Å². The summed E-state index contributed by atoms with van der Waals surface area (Å²) in [5.74, 6) is -1.41. The predicted molar refractivity (Wildman–Crippen MR) is 132 cm³/mol. The third-order valence-electron chi connectivity index (χ3n) is 5.15. The van der Waals surface area contributed by atoms with E-state index in [-0.39, 0.29) is 22.9 Å². The molecule has 0 saturated carbocycles. The molecule has 0 aliphatic heterocycles. The molecule has 3 aromatic carbocycles. The molecular formula is C25H14ClF2IN2O2. The van der Waals surface area contributed by atoms with E-state index in [0.717, 1.165) is 5.56 Å². The number of carbonyl (C=O) groups is 1. The van der Waals surface area contributed by atoms with Crippen molar-refractivity contribution in [2.45, 2.75) is 6.54 Å². The van der Waals surface area contributed by atoms with E-state index in [1.54, 1.807) is 59.3 Å². The van der Waals surface area contributed by atoms with Gasteiger partial charge in [0.15, 0.2) is 28.8 Å². The molecule has 1 aromatic heterocycles. The van der Waals surface area contributed by atoms with Crippen molar-refractivity contribution in [2.24, 2.45) is 0 Å². The highest BCUT2D eigenvalue weighted by Crippen LogP contribution is 2.32. The molecule has 0 aliphatic rings. The van der Waals surface area contributed by atoms with Crippen molar-refractivity contribution >= 4 is 63.1 Å². The summed E-state index contributed by atoms with van der Waals surface area (Å²) in [7, 11) is 0. The maximum Gasteiger partial charge on any atom is 0.347 e. The molecule has 4 rings (SSSR count). The number of halogens is 4. The van der Waals surface area contributed by atoms with Gasteiger partial charge in [-0.05, 0) is 47.5 Å². The van der Waals surface area contributed by atoms with Gasteiger partial charge in [0.2, 0.25) is 0 Å². The number of fused-ring (bicyclic) bond motifs is 1. The highest BCUT2D eigenvalue weighted by molar-refractivity contribution is 14.1. The summed E-state index contributed by atoms with van der Waals surface area (Å²) in [5, 5.41) is 10.3. The standard InChI is InChI=1S/C25H14ClF2IN2O2/c26-22-10-9-21-19(11-18(12-30)16-3-5-17(6-4-16)25(32)33-29)14-31(24(21)23(22)28)13-15-1-7-20(27)8-2-15/h1-11,14H,13H2/b18-11+. The average molecular weight is 575 g/mol. The molecule has 0 amide bonds. The second kappa shape index (κ2) is 9.73. The summed E-state index contributed by atoms with van der Waals surface area (Å²) >= 11 is 7.54. The average Bonchev–Trinajstić information content (AvgIpc) is 3.18. The molecule has 4 nitrogen and oxygen atoms in total. The Balaban J connectivity index is 1.80. The zero-order valence-corrected chi connectivity index (χ0v) is 19.8. The van der Waals surface area contributed by atoms with Crippen molar-refractivity contribution in [3.63, 3.8) is 0 Å². The molecule has 0 saturated heterocycles. The SMILES string of the molecule is N#C/C(=C\c1cn(Cc2ccc(F)cc2)c2c(F)c(Cl)ccc12)c1ccc(C(=O)OI)cc1. The van der Waals surface area contributed by atoms with Crippen LogP contribution in [0.25, 0.3) is 22.6 Å². The fraction of sp³-hybridized carbons (Fsp3) is 0.0400. The van der Waals surface area contributed by atoms with Crippen molar-refractivity contribution in [3.8, 4) is 6.07 Å². The third-order valence-corrected chi connectivity index (χ3v) is 5.84. The van der Waals surface area contributed by atoms with E-state index in [1.165, 1.54) is 41.2 Å². The Morgan fingerprint density at radius 1 is 1.06 bits per heavy atom. The molecule has 0 fully saturated rings. The van der Waals surface area contributed by atoms with Crippen molar-refractivity contribution in [1.82, 2.24) is 4.57 Å². The Hall–Kier alpha value is -3.22. The van der Waals surface area contributed by atoms with Gasteiger partial charge in [-0.1, -0.05) is 41.9 Å². The van der Waals surface area contributed by atoms with Gasteiger partial charge in [0, 0.05) is 23.7 Å². The van der Waals surface area contributed by atoms with E-state index in [0.29, 0.717) is 27.6 Å². The normalized spacial score (nSPS) is 11.4. The van der Waals surface area contributed by atoms with Gasteiger partial charge in [0.25, 0.3) is 0 Å². The minimum atomic E-state index is -0.573. The van der Waals surface area contributed by atoms with Crippen molar-refractivity contribution in [3.05, 3.63) is 106 Å². The first kappa shape index (κ1) is 23.0. The monoisotopic (exact) mass is 574 g/mol. The van der Waals surface area contributed by atoms with E-state index in [9.17, 15) is 18.8 Å². The first-order valence-corrected chi connectivity index (χ1v) is 10.9. The van der Waals surface area contributed by atoms with Gasteiger partial charge in [-0.15, -0.1) is 0 Å². The number of allylic oxidation sites excluding steroid dienone is 1. The Morgan fingerprint density at radius 3 is 2.36 bits per heavy atom. The number of rotatable bonds is 5. The first-order valence-electron chi connectivity index (χ1n) is 9.67. The van der Waals surface area contributed by atoms with Crippen LogP contribution in [0.15, 0.2) is 66.9 Å². The molecule has 0 radical (unpaired) electrons. The first-order chi connectivity index (χ1) is 15.9. The molecule has 0 atom stereocenters. The third kappa shape index (κ3) is 4.77. The van der Waals surface area contributed by atoms with Crippen LogP contribution in [-0.4, -0.2) is 10.5 Å². The molecule has 0 unspecified atom stereocenters. The van der Waals surface area contributed by atoms with Crippen LogP contribution in [0.4, 0.5) is 8.78 Å². The second-order valence-corrected chi connectivity index (χ2v) is 8.06. The van der Waals surface area contributed by atoms with E-state index in [4.69, 9.17) is 11.6 Å². The molecule has 1 heterocycles. The zero-order chi connectivity index (χ0) is 23.5. The Bertz CT molecular complexity index is 1420. The summed E-state index contributed by atoms with van der Waals surface area (Å²) in [6, 6.07) is 17.7. The molecular weight excluding hydrogens is 561 g/mol. The summed E-state index contributed by atoms with van der Waals surface area (Å²) < 4.78 is 34.6. The molecule has 0 bridgehead atoms. The van der Waals surface area contributed by atoms with Crippen LogP contribution in [-0.2, 0) is 9.61 Å². The number of hydrogen-bond acceptors (Lipinski definition) is 3. The lowest BCUT2D eigenvalue weighted by Crippen LogP contribution is -1.99. The smallest absolute Gasteiger partial charge is 0.347 e. The number of benzene rings is 3. The summed E-state index contributed by atoms with van der Waals surface area (Å²) in [6.07, 6.45) is 3.38. The maximum atomic E-state index is 15.0. The number of carbonyl (C=O) groups excluding carboxylic acids is 1. The Labute approximate surface area is 207 Å². The Morgan fingerprint density at radius 2 is 1.73 bits per heavy atom. The van der Waals surface area contributed by atoms with Crippen molar-refractivity contribution in [2.75, 3.05) is 0 Å². The molecule has 0 spiro atoms. The lowest BCUT2D eigenvalue weighted by molar-refractivity contribution is 0.0800. The van der Waals surface area contributed by atoms with E-state index in [2.05, 4.69) is 9.14 Å². The van der Waals surface area contributed by atoms with Gasteiger partial charge in [-0.25, -0.2) is 13.6 Å². The molecule has 0 aliphatic carbocycles. The molecule has 164 valence electrons. The predicted octanol–water partition coefficient (Wildman–Crippen LogP) is 7.19. The maximum absolute atomic E-state index is 15.0. The van der Waals surface area contributed by atoms with E-state index < -0.39 is 11.8 Å². The second-order valence-electron chi connectivity index (χ2n) is 7.21. The van der Waals surface area contributed by atoms with Gasteiger partial charge in [-0.2, -0.15) is 5.26 Å². The van der Waals surface area contributed by atoms with E-state index >= 15 is 0 Å². The quantitative estimate of drug-likeness (QED) is 0.187. The number of nitriles is 1. The van der Waals surface area contributed by atoms with Gasteiger partial charge in [0.05, 0.1) is 27.7 Å². The highest BCUT2D eigenvalue weighted by atomic mass is 127. The van der Waals surface area contributed by atoms with Gasteiger partial charge < -0.3 is 7.63 Å². The fourth-order valence-electron chi connectivity index (χ4n) is 3.55. The summed E-state index contributed by atoms with van der Waals surface area (Å²) in [6.45, 7) is 0.289. The minimum absolute atomic E-state index is 0.0188. The van der Waals surface area contributed by atoms with Crippen LogP contribution in [0.1, 0.15) is 27.0 Å². The molecule has 4 aromatic rings. The minimum Gasteiger partial charge on any atom is -0.391 e. The van der Waals surface area contributed by atoms with Crippen LogP contribution in [0.2, 0.25) is 5.02 Å². The zero-order valence-electron chi connectivity index (χ0n) is 16.9. The largest absolute Gasteiger partial charge is 0.391 e. The van der Waals surface area contributed by atoms with Crippen LogP contribution < -0.4 is 0 Å². The lowest BCUT2D eigenvalue weighted by atomic mass is 10.0. The number of nitrogens with zero attached hydrogens (tertiary/aromatic N) is 2. The Kier molecular flexibility index (Phi) is 6.77. The fourth-order valence-corrected chi connectivity index (χ4v) is 3.95. The van der Waals surface area contributed by atoms with Crippen LogP contribution in [0.5, 0.6) is 0 Å². The molecule has 8 heteroatoms. The van der Waals surface area contributed by atoms with Crippen molar-refractivity contribution in [1.29, 1.82) is 5.26 Å². The highest BCUT2D eigenvalue weighted by Gasteiger charge is 2.16. The number of hydrogen-bond donors (Lipinski definition) is 0. The van der Waals surface area contributed by atoms with Crippen LogP contribution in [0, 0.1) is 23.0 Å². The van der Waals surface area contributed by atoms with Crippen LogP contribution >= 0.6 is 34.6 Å². The summed E-state index contributed by atoms with van der Waals surface area (Å²) in [5.41, 5.74) is 2.97. The molecule has 0 N–H and O–H groups in total. The summed E-state index contributed by atoms with van der Waals surface area (Å²) in [4.78, 5) is 11.7. The van der Waals surface area contributed by atoms with Gasteiger partial charge in [-0.3, -0.25) is 0 Å². The lowest BCUT2D eigenvalue weighted by Gasteiger charge is -2.07.